The molecule has 1 aromatic carbocycles. The fourth-order valence-corrected chi connectivity index (χ4v) is 5.84. The van der Waals surface area contributed by atoms with Gasteiger partial charge in [0.15, 0.2) is 0 Å². The van der Waals surface area contributed by atoms with E-state index in [0.29, 0.717) is 31.9 Å². The number of carbonyl (C=O) groups excluding carboxylic acids is 1. The molecule has 4 rings (SSSR count). The standard InChI is InChI=1S/C20H29N3O4S/c24-20(23-11-3-4-18(23)16-21-9-1-2-10-21)17-5-7-19(8-6-17)28(25,26)22-12-14-27-15-13-22/h5-8,18H,1-4,9-16H2. The summed E-state index contributed by atoms with van der Waals surface area (Å²) in [4.78, 5) is 17.7. The summed E-state index contributed by atoms with van der Waals surface area (Å²) in [6.07, 6.45) is 4.58. The Morgan fingerprint density at radius 2 is 1.64 bits per heavy atom. The first-order chi connectivity index (χ1) is 13.6. The van der Waals surface area contributed by atoms with Gasteiger partial charge in [-0.15, -0.1) is 0 Å². The van der Waals surface area contributed by atoms with Crippen LogP contribution in [0.5, 0.6) is 0 Å². The maximum atomic E-state index is 13.0. The number of benzene rings is 1. The number of hydrogen-bond acceptors (Lipinski definition) is 5. The number of morpholine rings is 1. The predicted molar refractivity (Wildman–Crippen MR) is 106 cm³/mol. The third kappa shape index (κ3) is 4.10. The van der Waals surface area contributed by atoms with Gasteiger partial charge in [-0.3, -0.25) is 4.79 Å². The average molecular weight is 408 g/mol. The molecule has 0 spiro atoms. The van der Waals surface area contributed by atoms with Gasteiger partial charge in [-0.1, -0.05) is 0 Å². The topological polar surface area (TPSA) is 70.2 Å². The molecule has 3 aliphatic rings. The van der Waals surface area contributed by atoms with Gasteiger partial charge in [0, 0.05) is 37.8 Å². The normalized spacial score (nSPS) is 24.7. The number of likely N-dealkylation sites (tertiary alicyclic amines) is 2. The molecule has 0 saturated carbocycles. The number of hydrogen-bond donors (Lipinski definition) is 0. The van der Waals surface area contributed by atoms with Crippen LogP contribution in [0.2, 0.25) is 0 Å². The average Bonchev–Trinajstić information content (AvgIpc) is 3.41. The molecular formula is C20H29N3O4S. The molecule has 3 aliphatic heterocycles. The maximum Gasteiger partial charge on any atom is 0.254 e. The van der Waals surface area contributed by atoms with Gasteiger partial charge in [0.25, 0.3) is 5.91 Å². The summed E-state index contributed by atoms with van der Waals surface area (Å²) in [5.41, 5.74) is 0.564. The minimum atomic E-state index is -3.53. The summed E-state index contributed by atoms with van der Waals surface area (Å²) in [6.45, 7) is 5.58. The summed E-state index contributed by atoms with van der Waals surface area (Å²) in [5, 5.41) is 0. The van der Waals surface area contributed by atoms with Crippen molar-refractivity contribution in [2.45, 2.75) is 36.6 Å². The van der Waals surface area contributed by atoms with Crippen molar-refractivity contribution in [3.63, 3.8) is 0 Å². The Morgan fingerprint density at radius 1 is 0.964 bits per heavy atom. The molecule has 1 aromatic rings. The van der Waals surface area contributed by atoms with Crippen LogP contribution in [-0.2, 0) is 14.8 Å². The highest BCUT2D eigenvalue weighted by Crippen LogP contribution is 2.24. The molecule has 3 fully saturated rings. The molecule has 7 nitrogen and oxygen atoms in total. The van der Waals surface area contributed by atoms with E-state index in [1.54, 1.807) is 24.3 Å². The molecule has 0 radical (unpaired) electrons. The number of sulfonamides is 1. The van der Waals surface area contributed by atoms with Gasteiger partial charge in [0.2, 0.25) is 10.0 Å². The van der Waals surface area contributed by atoms with Crippen molar-refractivity contribution in [3.05, 3.63) is 29.8 Å². The Bertz CT molecular complexity index is 784. The van der Waals surface area contributed by atoms with Crippen LogP contribution in [0.4, 0.5) is 0 Å². The number of carbonyl (C=O) groups is 1. The van der Waals surface area contributed by atoms with Crippen molar-refractivity contribution < 1.29 is 17.9 Å². The van der Waals surface area contributed by atoms with E-state index in [1.165, 1.54) is 17.1 Å². The van der Waals surface area contributed by atoms with Crippen molar-refractivity contribution in [2.24, 2.45) is 0 Å². The molecule has 1 amide bonds. The molecule has 0 aromatic heterocycles. The molecule has 3 heterocycles. The fourth-order valence-electron chi connectivity index (χ4n) is 4.43. The molecule has 1 atom stereocenters. The van der Waals surface area contributed by atoms with Crippen molar-refractivity contribution in [1.82, 2.24) is 14.1 Å². The maximum absolute atomic E-state index is 13.0. The van der Waals surface area contributed by atoms with Crippen molar-refractivity contribution >= 4 is 15.9 Å². The number of ether oxygens (including phenoxy) is 1. The smallest absolute Gasteiger partial charge is 0.254 e. The van der Waals surface area contributed by atoms with E-state index >= 15 is 0 Å². The third-order valence-corrected chi connectivity index (χ3v) is 7.93. The first-order valence-corrected chi connectivity index (χ1v) is 11.7. The molecule has 0 N–H and O–H groups in total. The van der Waals surface area contributed by atoms with Gasteiger partial charge in [0.05, 0.1) is 18.1 Å². The lowest BCUT2D eigenvalue weighted by Gasteiger charge is -2.29. The second-order valence-corrected chi connectivity index (χ2v) is 9.78. The number of rotatable bonds is 5. The summed E-state index contributed by atoms with van der Waals surface area (Å²) in [6, 6.07) is 6.69. The van der Waals surface area contributed by atoms with Gasteiger partial charge in [-0.25, -0.2) is 8.42 Å². The van der Waals surface area contributed by atoms with Crippen LogP contribution in [0, 0.1) is 0 Å². The Morgan fingerprint density at radius 3 is 2.32 bits per heavy atom. The van der Waals surface area contributed by atoms with Gasteiger partial charge < -0.3 is 14.5 Å². The zero-order valence-corrected chi connectivity index (χ0v) is 17.1. The molecule has 154 valence electrons. The Labute approximate surface area is 167 Å². The fraction of sp³-hybridized carbons (Fsp3) is 0.650. The van der Waals surface area contributed by atoms with Crippen molar-refractivity contribution in [1.29, 1.82) is 0 Å². The molecule has 0 bridgehead atoms. The second kappa shape index (κ2) is 8.49. The van der Waals surface area contributed by atoms with Crippen LogP contribution in [0.3, 0.4) is 0 Å². The van der Waals surface area contributed by atoms with Crippen LogP contribution >= 0.6 is 0 Å². The largest absolute Gasteiger partial charge is 0.379 e. The van der Waals surface area contributed by atoms with E-state index in [1.807, 2.05) is 4.90 Å². The lowest BCUT2D eigenvalue weighted by molar-refractivity contribution is 0.0708. The van der Waals surface area contributed by atoms with E-state index in [-0.39, 0.29) is 16.8 Å². The molecule has 1 unspecified atom stereocenters. The van der Waals surface area contributed by atoms with E-state index in [2.05, 4.69) is 4.90 Å². The van der Waals surface area contributed by atoms with Crippen LogP contribution in [-0.4, -0.2) is 87.0 Å². The van der Waals surface area contributed by atoms with Crippen molar-refractivity contribution in [3.8, 4) is 0 Å². The predicted octanol–water partition coefficient (Wildman–Crippen LogP) is 1.41. The highest BCUT2D eigenvalue weighted by molar-refractivity contribution is 7.89. The zero-order chi connectivity index (χ0) is 19.6. The summed E-state index contributed by atoms with van der Waals surface area (Å²) in [7, 11) is -3.53. The SMILES string of the molecule is O=C(c1ccc(S(=O)(=O)N2CCOCC2)cc1)N1CCCC1CN1CCCC1. The lowest BCUT2D eigenvalue weighted by Crippen LogP contribution is -2.42. The first kappa shape index (κ1) is 19.8. The van der Waals surface area contributed by atoms with Gasteiger partial charge in [0.1, 0.15) is 0 Å². The molecule has 0 aliphatic carbocycles. The minimum Gasteiger partial charge on any atom is -0.379 e. The number of nitrogens with zero attached hydrogens (tertiary/aromatic N) is 3. The minimum absolute atomic E-state index is 0.0111. The van der Waals surface area contributed by atoms with E-state index in [0.717, 1.165) is 39.0 Å². The van der Waals surface area contributed by atoms with Gasteiger partial charge in [-0.05, 0) is 63.0 Å². The Balaban J connectivity index is 1.44. The van der Waals surface area contributed by atoms with Crippen LogP contribution in [0.15, 0.2) is 29.2 Å². The Kier molecular flexibility index (Phi) is 6.01. The van der Waals surface area contributed by atoms with E-state index < -0.39 is 10.0 Å². The summed E-state index contributed by atoms with van der Waals surface area (Å²) < 4.78 is 32.2. The van der Waals surface area contributed by atoms with Gasteiger partial charge in [-0.2, -0.15) is 4.31 Å². The third-order valence-electron chi connectivity index (χ3n) is 6.01. The van der Waals surface area contributed by atoms with Crippen molar-refractivity contribution in [2.75, 3.05) is 52.5 Å². The molecular weight excluding hydrogens is 378 g/mol. The highest BCUT2D eigenvalue weighted by Gasteiger charge is 2.32. The molecule has 3 saturated heterocycles. The van der Waals surface area contributed by atoms with Crippen LogP contribution in [0.25, 0.3) is 0 Å². The number of amides is 1. The quantitative estimate of drug-likeness (QED) is 0.738. The van der Waals surface area contributed by atoms with E-state index in [4.69, 9.17) is 4.74 Å². The highest BCUT2D eigenvalue weighted by atomic mass is 32.2. The lowest BCUT2D eigenvalue weighted by atomic mass is 10.1. The van der Waals surface area contributed by atoms with Gasteiger partial charge >= 0.3 is 0 Å². The van der Waals surface area contributed by atoms with Crippen LogP contribution in [0.1, 0.15) is 36.0 Å². The zero-order valence-electron chi connectivity index (χ0n) is 16.3. The second-order valence-electron chi connectivity index (χ2n) is 7.84. The molecule has 28 heavy (non-hydrogen) atoms. The van der Waals surface area contributed by atoms with Crippen LogP contribution < -0.4 is 0 Å². The van der Waals surface area contributed by atoms with E-state index in [9.17, 15) is 13.2 Å². The summed E-state index contributed by atoms with van der Waals surface area (Å²) in [5.74, 6) is 0.0111. The Hall–Kier alpha value is -1.48. The monoisotopic (exact) mass is 407 g/mol. The molecule has 8 heteroatoms. The summed E-state index contributed by atoms with van der Waals surface area (Å²) >= 11 is 0. The first-order valence-electron chi connectivity index (χ1n) is 10.3.